The average molecular weight is 391 g/mol. The third-order valence-electron chi connectivity index (χ3n) is 4.58. The number of benzene rings is 2. The summed E-state index contributed by atoms with van der Waals surface area (Å²) in [5.41, 5.74) is 1.22. The maximum atomic E-state index is 13.0. The van der Waals surface area contributed by atoms with Crippen molar-refractivity contribution in [2.24, 2.45) is 0 Å². The monoisotopic (exact) mass is 390 g/mol. The highest BCUT2D eigenvalue weighted by molar-refractivity contribution is 6.30. The van der Waals surface area contributed by atoms with Gasteiger partial charge in [-0.3, -0.25) is 9.59 Å². The van der Waals surface area contributed by atoms with Crippen molar-refractivity contribution in [3.05, 3.63) is 64.4 Å². The van der Waals surface area contributed by atoms with E-state index in [1.165, 1.54) is 19.2 Å². The zero-order valence-electron chi connectivity index (χ0n) is 15.0. The summed E-state index contributed by atoms with van der Waals surface area (Å²) in [5.74, 6) is -0.0646. The molecule has 1 heterocycles. The number of piperazine rings is 1. The standard InChI is InChI=1S/C20H20ClFN2O3/c1-27-18-13-15(21)4-7-17(18)20(26)24-10-8-23(9-11-24)19(25)12-14-2-5-16(22)6-3-14/h2-7,13H,8-12H2,1H3. The molecule has 0 N–H and O–H groups in total. The van der Waals surface area contributed by atoms with E-state index >= 15 is 0 Å². The fourth-order valence-corrected chi connectivity index (χ4v) is 3.22. The lowest BCUT2D eigenvalue weighted by molar-refractivity contribution is -0.131. The van der Waals surface area contributed by atoms with Crippen LogP contribution in [0.2, 0.25) is 5.02 Å². The smallest absolute Gasteiger partial charge is 0.257 e. The molecule has 3 rings (SSSR count). The highest BCUT2D eigenvalue weighted by atomic mass is 35.5. The van der Waals surface area contributed by atoms with Gasteiger partial charge in [-0.1, -0.05) is 23.7 Å². The minimum absolute atomic E-state index is 0.0298. The molecule has 7 heteroatoms. The quantitative estimate of drug-likeness (QED) is 0.806. The first kappa shape index (κ1) is 19.2. The minimum Gasteiger partial charge on any atom is -0.496 e. The van der Waals surface area contributed by atoms with Gasteiger partial charge in [-0.05, 0) is 35.9 Å². The van der Waals surface area contributed by atoms with Gasteiger partial charge >= 0.3 is 0 Å². The number of methoxy groups -OCH3 is 1. The summed E-state index contributed by atoms with van der Waals surface area (Å²) in [5, 5.41) is 0.500. The lowest BCUT2D eigenvalue weighted by Crippen LogP contribution is -2.51. The van der Waals surface area contributed by atoms with Gasteiger partial charge in [-0.2, -0.15) is 0 Å². The van der Waals surface area contributed by atoms with E-state index in [0.717, 1.165) is 5.56 Å². The summed E-state index contributed by atoms with van der Waals surface area (Å²) >= 11 is 5.95. The molecule has 5 nitrogen and oxygen atoms in total. The Hall–Kier alpha value is -2.60. The van der Waals surface area contributed by atoms with Crippen molar-refractivity contribution in [2.75, 3.05) is 33.3 Å². The van der Waals surface area contributed by atoms with E-state index in [9.17, 15) is 14.0 Å². The second kappa shape index (κ2) is 8.39. The Kier molecular flexibility index (Phi) is 5.96. The summed E-state index contributed by atoms with van der Waals surface area (Å²) in [6.07, 6.45) is 0.221. The van der Waals surface area contributed by atoms with E-state index in [0.29, 0.717) is 42.5 Å². The zero-order valence-corrected chi connectivity index (χ0v) is 15.7. The summed E-state index contributed by atoms with van der Waals surface area (Å²) in [6.45, 7) is 1.81. The molecule has 27 heavy (non-hydrogen) atoms. The van der Waals surface area contributed by atoms with E-state index in [4.69, 9.17) is 16.3 Å². The predicted octanol–water partition coefficient (Wildman–Crippen LogP) is 3.01. The number of carbonyl (C=O) groups excluding carboxylic acids is 2. The van der Waals surface area contributed by atoms with Gasteiger partial charge < -0.3 is 14.5 Å². The second-order valence-corrected chi connectivity index (χ2v) is 6.76. The van der Waals surface area contributed by atoms with Crippen molar-refractivity contribution < 1.29 is 18.7 Å². The van der Waals surface area contributed by atoms with Crippen LogP contribution in [0.1, 0.15) is 15.9 Å². The number of halogens is 2. The molecule has 0 unspecified atom stereocenters. The third-order valence-corrected chi connectivity index (χ3v) is 4.82. The molecule has 0 saturated carbocycles. The number of carbonyl (C=O) groups is 2. The highest BCUT2D eigenvalue weighted by Crippen LogP contribution is 2.25. The Morgan fingerprint density at radius 1 is 1.04 bits per heavy atom. The number of hydrogen-bond donors (Lipinski definition) is 0. The summed E-state index contributed by atoms with van der Waals surface area (Å²) in [7, 11) is 1.49. The van der Waals surface area contributed by atoms with Crippen molar-refractivity contribution in [1.29, 1.82) is 0 Å². The van der Waals surface area contributed by atoms with Crippen LogP contribution >= 0.6 is 11.6 Å². The number of rotatable bonds is 4. The van der Waals surface area contributed by atoms with Gasteiger partial charge in [0, 0.05) is 31.2 Å². The maximum Gasteiger partial charge on any atom is 0.257 e. The predicted molar refractivity (Wildman–Crippen MR) is 101 cm³/mol. The molecule has 0 radical (unpaired) electrons. The van der Waals surface area contributed by atoms with E-state index < -0.39 is 0 Å². The van der Waals surface area contributed by atoms with Crippen molar-refractivity contribution in [3.63, 3.8) is 0 Å². The summed E-state index contributed by atoms with van der Waals surface area (Å²) in [4.78, 5) is 28.6. The minimum atomic E-state index is -0.323. The van der Waals surface area contributed by atoms with Crippen molar-refractivity contribution in [1.82, 2.24) is 9.80 Å². The van der Waals surface area contributed by atoms with E-state index in [1.807, 2.05) is 0 Å². The molecule has 1 saturated heterocycles. The van der Waals surface area contributed by atoms with Crippen molar-refractivity contribution >= 4 is 23.4 Å². The highest BCUT2D eigenvalue weighted by Gasteiger charge is 2.26. The molecular weight excluding hydrogens is 371 g/mol. The molecule has 0 atom stereocenters. The van der Waals surface area contributed by atoms with Gasteiger partial charge in [-0.25, -0.2) is 4.39 Å². The molecule has 2 amide bonds. The van der Waals surface area contributed by atoms with Crippen LogP contribution in [0.4, 0.5) is 4.39 Å². The normalized spacial score (nSPS) is 14.2. The van der Waals surface area contributed by atoms with Crippen LogP contribution in [0.5, 0.6) is 5.75 Å². The number of ether oxygens (including phenoxy) is 1. The molecule has 0 aliphatic carbocycles. The Balaban J connectivity index is 1.59. The largest absolute Gasteiger partial charge is 0.496 e. The lowest BCUT2D eigenvalue weighted by Gasteiger charge is -2.35. The maximum absolute atomic E-state index is 13.0. The third kappa shape index (κ3) is 4.57. The molecule has 1 fully saturated rings. The van der Waals surface area contributed by atoms with Gasteiger partial charge in [0.2, 0.25) is 5.91 Å². The molecule has 0 bridgehead atoms. The lowest BCUT2D eigenvalue weighted by atomic mass is 10.1. The van der Waals surface area contributed by atoms with Gasteiger partial charge in [0.1, 0.15) is 11.6 Å². The van der Waals surface area contributed by atoms with Gasteiger partial charge in [0.05, 0.1) is 19.1 Å². The topological polar surface area (TPSA) is 49.9 Å². The van der Waals surface area contributed by atoms with Gasteiger partial charge in [0.25, 0.3) is 5.91 Å². The van der Waals surface area contributed by atoms with Crippen molar-refractivity contribution in [2.45, 2.75) is 6.42 Å². The van der Waals surface area contributed by atoms with Crippen LogP contribution in [-0.4, -0.2) is 54.9 Å². The van der Waals surface area contributed by atoms with Crippen LogP contribution < -0.4 is 4.74 Å². The summed E-state index contributed by atoms with van der Waals surface area (Å²) in [6, 6.07) is 10.8. The fraction of sp³-hybridized carbons (Fsp3) is 0.300. The van der Waals surface area contributed by atoms with Crippen molar-refractivity contribution in [3.8, 4) is 5.75 Å². The molecular formula is C20H20ClFN2O3. The first-order valence-corrected chi connectivity index (χ1v) is 9.01. The first-order valence-electron chi connectivity index (χ1n) is 8.63. The molecule has 2 aromatic rings. The van der Waals surface area contributed by atoms with E-state index in [2.05, 4.69) is 0 Å². The Labute approximate surface area is 162 Å². The fourth-order valence-electron chi connectivity index (χ4n) is 3.06. The molecule has 1 aliphatic heterocycles. The second-order valence-electron chi connectivity index (χ2n) is 6.32. The summed E-state index contributed by atoms with van der Waals surface area (Å²) < 4.78 is 18.2. The Bertz CT molecular complexity index is 834. The first-order chi connectivity index (χ1) is 13.0. The molecule has 0 spiro atoms. The van der Waals surface area contributed by atoms with Crippen LogP contribution in [0.3, 0.4) is 0 Å². The van der Waals surface area contributed by atoms with Crippen LogP contribution in [0.15, 0.2) is 42.5 Å². The van der Waals surface area contributed by atoms with Crippen LogP contribution in [-0.2, 0) is 11.2 Å². The molecule has 0 aromatic heterocycles. The molecule has 142 valence electrons. The number of amides is 2. The number of hydrogen-bond acceptors (Lipinski definition) is 3. The van der Waals surface area contributed by atoms with E-state index in [1.54, 1.807) is 40.1 Å². The van der Waals surface area contributed by atoms with E-state index in [-0.39, 0.29) is 24.1 Å². The van der Waals surface area contributed by atoms with Gasteiger partial charge in [-0.15, -0.1) is 0 Å². The molecule has 2 aromatic carbocycles. The SMILES string of the molecule is COc1cc(Cl)ccc1C(=O)N1CCN(C(=O)Cc2ccc(F)cc2)CC1. The Morgan fingerprint density at radius 2 is 1.67 bits per heavy atom. The Morgan fingerprint density at radius 3 is 2.30 bits per heavy atom. The molecule has 1 aliphatic rings. The zero-order chi connectivity index (χ0) is 19.4. The number of nitrogens with zero attached hydrogens (tertiary/aromatic N) is 2. The average Bonchev–Trinajstić information content (AvgIpc) is 2.69. The van der Waals surface area contributed by atoms with Crippen LogP contribution in [0.25, 0.3) is 0 Å². The van der Waals surface area contributed by atoms with Gasteiger partial charge in [0.15, 0.2) is 0 Å². The van der Waals surface area contributed by atoms with Crippen LogP contribution in [0, 0.1) is 5.82 Å².